The number of allylic oxidation sites excluding steroid dienone is 20. The Balaban J connectivity index is 4.52. The van der Waals surface area contributed by atoms with Crippen LogP contribution in [0.25, 0.3) is 0 Å². The van der Waals surface area contributed by atoms with Crippen LogP contribution in [0.5, 0.6) is 0 Å². The van der Waals surface area contributed by atoms with E-state index in [-0.39, 0.29) is 37.5 Å². The summed E-state index contributed by atoms with van der Waals surface area (Å²) in [5, 5.41) is 0. The zero-order valence-electron chi connectivity index (χ0n) is 42.4. The first-order chi connectivity index (χ1) is 32.5. The van der Waals surface area contributed by atoms with Crippen LogP contribution in [-0.4, -0.2) is 37.2 Å². The topological polar surface area (TPSA) is 78.9 Å². The first kappa shape index (κ1) is 61.8. The molecule has 0 aromatic carbocycles. The van der Waals surface area contributed by atoms with Crippen molar-refractivity contribution in [1.29, 1.82) is 0 Å². The first-order valence-electron chi connectivity index (χ1n) is 26.6. The largest absolute Gasteiger partial charge is 0.462 e. The number of ether oxygens (including phenoxy) is 3. The lowest BCUT2D eigenvalue weighted by Crippen LogP contribution is -2.30. The van der Waals surface area contributed by atoms with Gasteiger partial charge in [-0.15, -0.1) is 0 Å². The van der Waals surface area contributed by atoms with Crippen molar-refractivity contribution in [1.82, 2.24) is 0 Å². The number of esters is 3. The van der Waals surface area contributed by atoms with Gasteiger partial charge in [-0.1, -0.05) is 226 Å². The van der Waals surface area contributed by atoms with Crippen molar-refractivity contribution >= 4 is 17.9 Å². The molecule has 6 nitrogen and oxygen atoms in total. The Labute approximate surface area is 405 Å². The van der Waals surface area contributed by atoms with Gasteiger partial charge < -0.3 is 14.2 Å². The van der Waals surface area contributed by atoms with Crippen LogP contribution < -0.4 is 0 Å². The van der Waals surface area contributed by atoms with E-state index in [0.29, 0.717) is 12.8 Å². The highest BCUT2D eigenvalue weighted by Crippen LogP contribution is 2.13. The molecule has 0 heterocycles. The van der Waals surface area contributed by atoms with Gasteiger partial charge in [0.05, 0.1) is 0 Å². The van der Waals surface area contributed by atoms with E-state index in [0.717, 1.165) is 141 Å². The van der Waals surface area contributed by atoms with Crippen molar-refractivity contribution in [2.24, 2.45) is 0 Å². The SMILES string of the molecule is CC/C=C\C/C=C\CCCCCCCC(=O)OCC(COC(=O)CCCCCCC\C=C/C=C\C=C/C=C\CCCCC)OC(=O)CCCCCCC\C=C/C=C\C=C/C=C\CCCCC. The monoisotopic (exact) mass is 913 g/mol. The molecular formula is C60H96O6. The smallest absolute Gasteiger partial charge is 0.306 e. The molecule has 372 valence electrons. The predicted molar refractivity (Wildman–Crippen MR) is 283 cm³/mol. The molecule has 0 saturated carbocycles. The maximum atomic E-state index is 12.8. The lowest BCUT2D eigenvalue weighted by Gasteiger charge is -2.18. The molecule has 0 aromatic heterocycles. The van der Waals surface area contributed by atoms with Crippen molar-refractivity contribution in [2.45, 2.75) is 226 Å². The van der Waals surface area contributed by atoms with E-state index in [1.807, 2.05) is 0 Å². The Morgan fingerprint density at radius 2 is 0.652 bits per heavy atom. The second kappa shape index (κ2) is 53.4. The van der Waals surface area contributed by atoms with Crippen LogP contribution in [0.1, 0.15) is 220 Å². The lowest BCUT2D eigenvalue weighted by atomic mass is 10.1. The number of unbranched alkanes of at least 4 members (excludes halogenated alkanes) is 21. The fourth-order valence-corrected chi connectivity index (χ4v) is 6.85. The average Bonchev–Trinajstić information content (AvgIpc) is 3.31. The van der Waals surface area contributed by atoms with Crippen molar-refractivity contribution in [3.63, 3.8) is 0 Å². The van der Waals surface area contributed by atoms with Gasteiger partial charge in [-0.3, -0.25) is 14.4 Å². The predicted octanol–water partition coefficient (Wildman–Crippen LogP) is 17.7. The molecule has 0 aliphatic heterocycles. The molecule has 0 amide bonds. The molecule has 0 rings (SSSR count). The Morgan fingerprint density at radius 1 is 0.333 bits per heavy atom. The van der Waals surface area contributed by atoms with Gasteiger partial charge in [-0.25, -0.2) is 0 Å². The van der Waals surface area contributed by atoms with Crippen molar-refractivity contribution in [2.75, 3.05) is 13.2 Å². The Kier molecular flexibility index (Phi) is 50.0. The quantitative estimate of drug-likeness (QED) is 0.0199. The summed E-state index contributed by atoms with van der Waals surface area (Å²) in [6, 6.07) is 0. The van der Waals surface area contributed by atoms with Crippen LogP contribution in [0.2, 0.25) is 0 Å². The van der Waals surface area contributed by atoms with Crippen LogP contribution in [-0.2, 0) is 28.6 Å². The fraction of sp³-hybridized carbons (Fsp3) is 0.617. The van der Waals surface area contributed by atoms with Crippen LogP contribution >= 0.6 is 0 Å². The molecule has 6 heteroatoms. The summed E-state index contributed by atoms with van der Waals surface area (Å²) in [6.07, 6.45) is 73.1. The van der Waals surface area contributed by atoms with E-state index >= 15 is 0 Å². The minimum absolute atomic E-state index is 0.107. The third-order valence-corrected chi connectivity index (χ3v) is 10.9. The second-order valence-electron chi connectivity index (χ2n) is 17.2. The summed E-state index contributed by atoms with van der Waals surface area (Å²) >= 11 is 0. The molecule has 0 saturated heterocycles. The van der Waals surface area contributed by atoms with Gasteiger partial charge in [0.2, 0.25) is 0 Å². The molecule has 0 aliphatic rings. The van der Waals surface area contributed by atoms with Gasteiger partial charge in [-0.05, 0) is 96.3 Å². The highest BCUT2D eigenvalue weighted by atomic mass is 16.6. The third-order valence-electron chi connectivity index (χ3n) is 10.9. The van der Waals surface area contributed by atoms with Crippen LogP contribution in [0.3, 0.4) is 0 Å². The standard InChI is InChI=1S/C60H96O6/c1-4-7-10-13-16-19-22-25-27-29-31-33-35-38-41-44-47-50-53-59(62)65-56-57(55-64-58(61)52-49-46-43-40-37-24-21-18-15-12-9-6-3)66-60(63)54-51-48-45-42-39-36-34-32-30-28-26-23-20-17-14-11-8-5-2/h9,12,16-23,25-34,57H,4-8,10-11,13-15,24,35-56H2,1-3H3/b12-9-,19-16-,20-17-,21-18-,25-22-,26-23-,29-27-,30-28-,33-31-,34-32-. The summed E-state index contributed by atoms with van der Waals surface area (Å²) in [4.78, 5) is 38.0. The summed E-state index contributed by atoms with van der Waals surface area (Å²) in [6.45, 7) is 6.38. The molecule has 0 spiro atoms. The number of carbonyl (C=O) groups excluding carboxylic acids is 3. The third kappa shape index (κ3) is 50.8. The Morgan fingerprint density at radius 3 is 1.05 bits per heavy atom. The van der Waals surface area contributed by atoms with Gasteiger partial charge in [0.15, 0.2) is 6.10 Å². The van der Waals surface area contributed by atoms with E-state index in [1.54, 1.807) is 0 Å². The second-order valence-corrected chi connectivity index (χ2v) is 17.2. The molecule has 66 heavy (non-hydrogen) atoms. The highest BCUT2D eigenvalue weighted by Gasteiger charge is 2.19. The van der Waals surface area contributed by atoms with Crippen LogP contribution in [0.15, 0.2) is 122 Å². The minimum atomic E-state index is -0.810. The van der Waals surface area contributed by atoms with Gasteiger partial charge in [0.1, 0.15) is 13.2 Å². The molecule has 1 atom stereocenters. The van der Waals surface area contributed by atoms with Gasteiger partial charge in [0, 0.05) is 19.3 Å². The number of hydrogen-bond acceptors (Lipinski definition) is 6. The van der Waals surface area contributed by atoms with Crippen LogP contribution in [0, 0.1) is 0 Å². The molecule has 0 aliphatic carbocycles. The zero-order valence-corrected chi connectivity index (χ0v) is 42.4. The maximum Gasteiger partial charge on any atom is 0.306 e. The molecule has 0 N–H and O–H groups in total. The maximum absolute atomic E-state index is 12.8. The molecule has 0 radical (unpaired) electrons. The Hall–Kier alpha value is -4.19. The summed E-state index contributed by atoms with van der Waals surface area (Å²) in [5.74, 6) is -0.973. The first-order valence-corrected chi connectivity index (χ1v) is 26.6. The molecule has 0 fully saturated rings. The minimum Gasteiger partial charge on any atom is -0.462 e. The molecular weight excluding hydrogens is 817 g/mol. The van der Waals surface area contributed by atoms with Crippen LogP contribution in [0.4, 0.5) is 0 Å². The van der Waals surface area contributed by atoms with E-state index in [1.165, 1.54) is 38.5 Å². The van der Waals surface area contributed by atoms with E-state index in [9.17, 15) is 14.4 Å². The zero-order chi connectivity index (χ0) is 47.9. The van der Waals surface area contributed by atoms with Crippen molar-refractivity contribution in [3.05, 3.63) is 122 Å². The summed E-state index contributed by atoms with van der Waals surface area (Å²) in [7, 11) is 0. The molecule has 0 aromatic rings. The van der Waals surface area contributed by atoms with E-state index in [2.05, 4.69) is 142 Å². The van der Waals surface area contributed by atoms with Gasteiger partial charge >= 0.3 is 17.9 Å². The molecule has 0 bridgehead atoms. The fourth-order valence-electron chi connectivity index (χ4n) is 6.85. The Bertz CT molecular complexity index is 1420. The summed E-state index contributed by atoms with van der Waals surface area (Å²) < 4.78 is 16.8. The highest BCUT2D eigenvalue weighted by molar-refractivity contribution is 5.71. The summed E-state index contributed by atoms with van der Waals surface area (Å²) in [5.41, 5.74) is 0. The average molecular weight is 913 g/mol. The van der Waals surface area contributed by atoms with Crippen molar-refractivity contribution < 1.29 is 28.6 Å². The number of rotatable bonds is 46. The van der Waals surface area contributed by atoms with E-state index < -0.39 is 6.10 Å². The number of hydrogen-bond donors (Lipinski definition) is 0. The lowest BCUT2D eigenvalue weighted by molar-refractivity contribution is -0.167. The van der Waals surface area contributed by atoms with E-state index in [4.69, 9.17) is 14.2 Å². The normalized spacial score (nSPS) is 13.1. The van der Waals surface area contributed by atoms with Crippen molar-refractivity contribution in [3.8, 4) is 0 Å². The number of carbonyl (C=O) groups is 3. The van der Waals surface area contributed by atoms with Gasteiger partial charge in [0.25, 0.3) is 0 Å². The van der Waals surface area contributed by atoms with Gasteiger partial charge in [-0.2, -0.15) is 0 Å². The molecule has 1 unspecified atom stereocenters.